The normalized spacial score (nSPS) is 20.8. The van der Waals surface area contributed by atoms with Gasteiger partial charge in [0.05, 0.1) is 0 Å². The van der Waals surface area contributed by atoms with Crippen LogP contribution in [0.3, 0.4) is 0 Å². The zero-order valence-electron chi connectivity index (χ0n) is 11.1. The van der Waals surface area contributed by atoms with Crippen LogP contribution < -0.4 is 10.2 Å². The number of anilines is 1. The van der Waals surface area contributed by atoms with Crippen molar-refractivity contribution in [3.63, 3.8) is 0 Å². The second-order valence-corrected chi connectivity index (χ2v) is 5.07. The standard InChI is InChI=1S/C14H23N3/c1-15-13-7-8-17(11-13)10-12-5-4-6-14(9-12)16(2)3/h4-6,9,13,15H,7-8,10-11H2,1-3H3. The predicted octanol–water partition coefficient (Wildman–Crippen LogP) is 1.55. The van der Waals surface area contributed by atoms with Crippen molar-refractivity contribution in [2.24, 2.45) is 0 Å². The molecule has 1 unspecified atom stereocenters. The molecule has 0 saturated carbocycles. The molecule has 1 heterocycles. The molecule has 17 heavy (non-hydrogen) atoms. The Bertz CT molecular complexity index is 362. The van der Waals surface area contributed by atoms with Crippen LogP contribution in [-0.4, -0.2) is 45.2 Å². The van der Waals surface area contributed by atoms with Gasteiger partial charge in [-0.2, -0.15) is 0 Å². The van der Waals surface area contributed by atoms with E-state index < -0.39 is 0 Å². The summed E-state index contributed by atoms with van der Waals surface area (Å²) in [5.41, 5.74) is 2.69. The van der Waals surface area contributed by atoms with E-state index in [1.165, 1.54) is 30.8 Å². The number of nitrogens with one attached hydrogen (secondary N) is 1. The Kier molecular flexibility index (Phi) is 4.02. The van der Waals surface area contributed by atoms with Crippen LogP contribution in [0.4, 0.5) is 5.69 Å². The SMILES string of the molecule is CNC1CCN(Cc2cccc(N(C)C)c2)C1. The highest BCUT2D eigenvalue weighted by Gasteiger charge is 2.20. The molecule has 0 aliphatic carbocycles. The number of hydrogen-bond donors (Lipinski definition) is 1. The molecule has 0 aromatic heterocycles. The Morgan fingerprint density at radius 1 is 1.41 bits per heavy atom. The molecule has 1 aromatic rings. The second kappa shape index (κ2) is 5.52. The topological polar surface area (TPSA) is 18.5 Å². The molecule has 0 spiro atoms. The van der Waals surface area contributed by atoms with Crippen molar-refractivity contribution in [2.45, 2.75) is 19.0 Å². The van der Waals surface area contributed by atoms with Crippen LogP contribution in [0.1, 0.15) is 12.0 Å². The number of nitrogens with zero attached hydrogens (tertiary/aromatic N) is 2. The molecule has 1 atom stereocenters. The van der Waals surface area contributed by atoms with E-state index in [9.17, 15) is 0 Å². The minimum atomic E-state index is 0.673. The first-order chi connectivity index (χ1) is 8.19. The molecular formula is C14H23N3. The molecule has 1 N–H and O–H groups in total. The predicted molar refractivity (Wildman–Crippen MR) is 73.5 cm³/mol. The van der Waals surface area contributed by atoms with Gasteiger partial charge < -0.3 is 10.2 Å². The molecule has 3 nitrogen and oxygen atoms in total. The van der Waals surface area contributed by atoms with E-state index in [-0.39, 0.29) is 0 Å². The van der Waals surface area contributed by atoms with Gasteiger partial charge in [0.1, 0.15) is 0 Å². The van der Waals surface area contributed by atoms with Crippen molar-refractivity contribution in [1.82, 2.24) is 10.2 Å². The maximum atomic E-state index is 3.36. The molecule has 1 fully saturated rings. The van der Waals surface area contributed by atoms with Crippen LogP contribution in [0.2, 0.25) is 0 Å². The minimum Gasteiger partial charge on any atom is -0.378 e. The van der Waals surface area contributed by atoms with Gasteiger partial charge in [-0.15, -0.1) is 0 Å². The number of benzene rings is 1. The Hall–Kier alpha value is -1.06. The van der Waals surface area contributed by atoms with E-state index >= 15 is 0 Å². The van der Waals surface area contributed by atoms with Crippen molar-refractivity contribution in [3.05, 3.63) is 29.8 Å². The van der Waals surface area contributed by atoms with Crippen molar-refractivity contribution in [2.75, 3.05) is 39.1 Å². The summed E-state index contributed by atoms with van der Waals surface area (Å²) >= 11 is 0. The van der Waals surface area contributed by atoms with Gasteiger partial charge in [-0.05, 0) is 31.2 Å². The van der Waals surface area contributed by atoms with E-state index in [2.05, 4.69) is 60.5 Å². The average Bonchev–Trinajstić information content (AvgIpc) is 2.77. The molecule has 0 amide bonds. The summed E-state index contributed by atoms with van der Waals surface area (Å²) in [5.74, 6) is 0. The Balaban J connectivity index is 1.97. The highest BCUT2D eigenvalue weighted by Crippen LogP contribution is 2.17. The zero-order chi connectivity index (χ0) is 12.3. The van der Waals surface area contributed by atoms with Gasteiger partial charge in [0.2, 0.25) is 0 Å². The fourth-order valence-electron chi connectivity index (χ4n) is 2.40. The van der Waals surface area contributed by atoms with Crippen LogP contribution in [0.25, 0.3) is 0 Å². The van der Waals surface area contributed by atoms with Crippen LogP contribution in [0, 0.1) is 0 Å². The Morgan fingerprint density at radius 3 is 2.88 bits per heavy atom. The van der Waals surface area contributed by atoms with E-state index in [4.69, 9.17) is 0 Å². The number of rotatable bonds is 4. The number of likely N-dealkylation sites (N-methyl/N-ethyl adjacent to an activating group) is 1. The third-order valence-electron chi connectivity index (χ3n) is 3.51. The maximum absolute atomic E-state index is 3.36. The molecule has 3 heteroatoms. The lowest BCUT2D eigenvalue weighted by molar-refractivity contribution is 0.322. The fourth-order valence-corrected chi connectivity index (χ4v) is 2.40. The van der Waals surface area contributed by atoms with Crippen LogP contribution in [0.5, 0.6) is 0 Å². The highest BCUT2D eigenvalue weighted by molar-refractivity contribution is 5.47. The molecule has 2 rings (SSSR count). The van der Waals surface area contributed by atoms with E-state index in [1.807, 2.05) is 0 Å². The summed E-state index contributed by atoms with van der Waals surface area (Å²) in [6.45, 7) is 3.44. The Labute approximate surface area is 104 Å². The molecule has 1 aromatic carbocycles. The van der Waals surface area contributed by atoms with Crippen LogP contribution >= 0.6 is 0 Å². The first-order valence-electron chi connectivity index (χ1n) is 6.35. The monoisotopic (exact) mass is 233 g/mol. The van der Waals surface area contributed by atoms with Gasteiger partial charge in [0.25, 0.3) is 0 Å². The summed E-state index contributed by atoms with van der Waals surface area (Å²) in [5, 5.41) is 3.36. The minimum absolute atomic E-state index is 0.673. The second-order valence-electron chi connectivity index (χ2n) is 5.07. The van der Waals surface area contributed by atoms with Gasteiger partial charge in [-0.25, -0.2) is 0 Å². The number of hydrogen-bond acceptors (Lipinski definition) is 3. The first-order valence-corrected chi connectivity index (χ1v) is 6.35. The van der Waals surface area contributed by atoms with Gasteiger partial charge >= 0.3 is 0 Å². The van der Waals surface area contributed by atoms with Crippen molar-refractivity contribution < 1.29 is 0 Å². The third-order valence-corrected chi connectivity index (χ3v) is 3.51. The van der Waals surface area contributed by atoms with Crippen molar-refractivity contribution >= 4 is 5.69 Å². The zero-order valence-corrected chi connectivity index (χ0v) is 11.1. The average molecular weight is 233 g/mol. The van der Waals surface area contributed by atoms with Crippen molar-refractivity contribution in [1.29, 1.82) is 0 Å². The molecule has 1 saturated heterocycles. The lowest BCUT2D eigenvalue weighted by Crippen LogP contribution is -2.29. The molecule has 1 aliphatic rings. The largest absolute Gasteiger partial charge is 0.378 e. The maximum Gasteiger partial charge on any atom is 0.0364 e. The Morgan fingerprint density at radius 2 is 2.24 bits per heavy atom. The van der Waals surface area contributed by atoms with Crippen LogP contribution in [-0.2, 0) is 6.54 Å². The summed E-state index contributed by atoms with van der Waals surface area (Å²) in [7, 11) is 6.23. The lowest BCUT2D eigenvalue weighted by atomic mass is 10.2. The van der Waals surface area contributed by atoms with Gasteiger partial charge in [-0.1, -0.05) is 12.1 Å². The van der Waals surface area contributed by atoms with Gasteiger partial charge in [0.15, 0.2) is 0 Å². The number of likely N-dealkylation sites (tertiary alicyclic amines) is 1. The van der Waals surface area contributed by atoms with Crippen LogP contribution in [0.15, 0.2) is 24.3 Å². The molecule has 94 valence electrons. The van der Waals surface area contributed by atoms with E-state index in [1.54, 1.807) is 0 Å². The fraction of sp³-hybridized carbons (Fsp3) is 0.571. The van der Waals surface area contributed by atoms with Gasteiger partial charge in [0, 0.05) is 45.5 Å². The molecule has 0 bridgehead atoms. The van der Waals surface area contributed by atoms with E-state index in [0.717, 1.165) is 6.54 Å². The summed E-state index contributed by atoms with van der Waals surface area (Å²) in [6.07, 6.45) is 1.27. The molecule has 1 aliphatic heterocycles. The molecular weight excluding hydrogens is 210 g/mol. The van der Waals surface area contributed by atoms with Gasteiger partial charge in [-0.3, -0.25) is 4.90 Å². The lowest BCUT2D eigenvalue weighted by Gasteiger charge is -2.18. The smallest absolute Gasteiger partial charge is 0.0364 e. The summed E-state index contributed by atoms with van der Waals surface area (Å²) in [4.78, 5) is 4.68. The summed E-state index contributed by atoms with van der Waals surface area (Å²) in [6, 6.07) is 9.49. The first kappa shape index (κ1) is 12.4. The van der Waals surface area contributed by atoms with Crippen molar-refractivity contribution in [3.8, 4) is 0 Å². The highest BCUT2D eigenvalue weighted by atomic mass is 15.2. The molecule has 0 radical (unpaired) electrons. The summed E-state index contributed by atoms with van der Waals surface area (Å²) < 4.78 is 0. The third kappa shape index (κ3) is 3.20. The van der Waals surface area contributed by atoms with E-state index in [0.29, 0.717) is 6.04 Å². The quantitative estimate of drug-likeness (QED) is 0.851.